The fourth-order valence-electron chi connectivity index (χ4n) is 2.32. The van der Waals surface area contributed by atoms with Gasteiger partial charge in [-0.05, 0) is 18.2 Å². The summed E-state index contributed by atoms with van der Waals surface area (Å²) >= 11 is 0. The van der Waals surface area contributed by atoms with Gasteiger partial charge < -0.3 is 5.32 Å². The second kappa shape index (κ2) is 7.91. The fourth-order valence-corrected chi connectivity index (χ4v) is 2.32. The monoisotopic (exact) mass is 397 g/mol. The maximum absolute atomic E-state index is 12.4. The molecule has 13 nitrogen and oxygen atoms in total. The molecule has 29 heavy (non-hydrogen) atoms. The molecular formula is C16H11N7O6. The van der Waals surface area contributed by atoms with E-state index in [0.717, 1.165) is 18.2 Å². The summed E-state index contributed by atoms with van der Waals surface area (Å²) in [5.74, 6) is -1.32. The van der Waals surface area contributed by atoms with Gasteiger partial charge in [0.2, 0.25) is 0 Å². The molecule has 0 atom stereocenters. The number of hydrogen-bond donors (Lipinski definition) is 2. The SMILES string of the molecule is O=C(Nc1cccc(C(=O)Nn2cnnc2)c1)c1cc([N+](=O)[O-])cc([N+](=O)[O-])c1. The predicted molar refractivity (Wildman–Crippen MR) is 97.9 cm³/mol. The summed E-state index contributed by atoms with van der Waals surface area (Å²) in [6.07, 6.45) is 2.55. The molecule has 0 saturated heterocycles. The van der Waals surface area contributed by atoms with Crippen LogP contribution in [-0.2, 0) is 0 Å². The lowest BCUT2D eigenvalue weighted by Crippen LogP contribution is -2.21. The zero-order valence-corrected chi connectivity index (χ0v) is 14.4. The Morgan fingerprint density at radius 3 is 2.07 bits per heavy atom. The summed E-state index contributed by atoms with van der Waals surface area (Å²) in [6.45, 7) is 0. The Bertz CT molecular complexity index is 1080. The first-order chi connectivity index (χ1) is 13.8. The lowest BCUT2D eigenvalue weighted by atomic mass is 10.1. The van der Waals surface area contributed by atoms with Gasteiger partial charge in [-0.1, -0.05) is 6.07 Å². The summed E-state index contributed by atoms with van der Waals surface area (Å²) in [5, 5.41) is 31.4. The van der Waals surface area contributed by atoms with Crippen molar-refractivity contribution in [3.8, 4) is 0 Å². The van der Waals surface area contributed by atoms with Crippen LogP contribution in [0.4, 0.5) is 17.1 Å². The van der Waals surface area contributed by atoms with Crippen molar-refractivity contribution in [2.45, 2.75) is 0 Å². The smallest absolute Gasteiger partial charge is 0.277 e. The normalized spacial score (nSPS) is 10.2. The minimum atomic E-state index is -0.834. The van der Waals surface area contributed by atoms with Crippen LogP contribution in [0.15, 0.2) is 55.1 Å². The molecule has 3 aromatic rings. The number of carbonyl (C=O) groups excluding carboxylic acids is 2. The van der Waals surface area contributed by atoms with Crippen molar-refractivity contribution in [2.24, 2.45) is 0 Å². The molecule has 2 N–H and O–H groups in total. The average molecular weight is 397 g/mol. The zero-order valence-electron chi connectivity index (χ0n) is 14.4. The predicted octanol–water partition coefficient (Wildman–Crippen LogP) is 1.73. The summed E-state index contributed by atoms with van der Waals surface area (Å²) in [5.41, 5.74) is 1.43. The number of amides is 2. The Labute approximate surface area is 161 Å². The first kappa shape index (κ1) is 19.1. The van der Waals surface area contributed by atoms with E-state index in [4.69, 9.17) is 0 Å². The third-order valence-corrected chi connectivity index (χ3v) is 3.62. The standard InChI is InChI=1S/C16H11N7O6/c24-15(11-5-13(22(26)27)7-14(6-11)23(28)29)19-12-3-1-2-10(4-12)16(25)20-21-8-17-18-9-21/h1-9H,(H,19,24)(H,20,25). The molecular weight excluding hydrogens is 386 g/mol. The van der Waals surface area contributed by atoms with E-state index in [9.17, 15) is 29.8 Å². The van der Waals surface area contributed by atoms with Gasteiger partial charge in [0.15, 0.2) is 0 Å². The molecule has 1 aromatic heterocycles. The molecule has 0 unspecified atom stereocenters. The lowest BCUT2D eigenvalue weighted by molar-refractivity contribution is -0.394. The van der Waals surface area contributed by atoms with Gasteiger partial charge in [0.1, 0.15) is 12.7 Å². The molecule has 146 valence electrons. The topological polar surface area (TPSA) is 175 Å². The van der Waals surface area contributed by atoms with Crippen LogP contribution >= 0.6 is 0 Å². The van der Waals surface area contributed by atoms with E-state index < -0.39 is 33.0 Å². The van der Waals surface area contributed by atoms with Crippen molar-refractivity contribution < 1.29 is 19.4 Å². The van der Waals surface area contributed by atoms with Crippen LogP contribution in [-0.4, -0.2) is 36.5 Å². The van der Waals surface area contributed by atoms with Gasteiger partial charge in [-0.25, -0.2) is 4.68 Å². The van der Waals surface area contributed by atoms with Gasteiger partial charge in [-0.15, -0.1) is 10.2 Å². The molecule has 2 amide bonds. The Balaban J connectivity index is 1.81. The van der Waals surface area contributed by atoms with Crippen LogP contribution in [0.25, 0.3) is 0 Å². The molecule has 3 rings (SSSR count). The maximum Gasteiger partial charge on any atom is 0.277 e. The number of nitrogens with zero attached hydrogens (tertiary/aromatic N) is 5. The molecule has 0 aliphatic carbocycles. The van der Waals surface area contributed by atoms with Gasteiger partial charge in [0, 0.05) is 23.4 Å². The Morgan fingerprint density at radius 2 is 1.48 bits per heavy atom. The van der Waals surface area contributed by atoms with Crippen LogP contribution in [0.5, 0.6) is 0 Å². The summed E-state index contributed by atoms with van der Waals surface area (Å²) in [6, 6.07) is 8.45. The highest BCUT2D eigenvalue weighted by Crippen LogP contribution is 2.23. The largest absolute Gasteiger partial charge is 0.322 e. The van der Waals surface area contributed by atoms with Gasteiger partial charge >= 0.3 is 0 Å². The molecule has 0 radical (unpaired) electrons. The number of aromatic nitrogens is 3. The molecule has 0 fully saturated rings. The van der Waals surface area contributed by atoms with E-state index in [1.807, 2.05) is 0 Å². The summed E-state index contributed by atoms with van der Waals surface area (Å²) in [4.78, 5) is 44.9. The number of non-ortho nitro benzene ring substituents is 2. The van der Waals surface area contributed by atoms with E-state index in [1.54, 1.807) is 0 Å². The first-order valence-corrected chi connectivity index (χ1v) is 7.85. The van der Waals surface area contributed by atoms with Crippen molar-refractivity contribution in [3.05, 3.63) is 86.5 Å². The number of nitrogens with one attached hydrogen (secondary N) is 2. The minimum Gasteiger partial charge on any atom is -0.322 e. The Morgan fingerprint density at radius 1 is 0.862 bits per heavy atom. The van der Waals surface area contributed by atoms with E-state index in [-0.39, 0.29) is 16.8 Å². The van der Waals surface area contributed by atoms with E-state index >= 15 is 0 Å². The van der Waals surface area contributed by atoms with Gasteiger partial charge in [-0.3, -0.25) is 35.2 Å². The van der Waals surface area contributed by atoms with Crippen molar-refractivity contribution in [1.29, 1.82) is 0 Å². The molecule has 0 saturated carbocycles. The van der Waals surface area contributed by atoms with Crippen molar-refractivity contribution in [2.75, 3.05) is 10.7 Å². The Kier molecular flexibility index (Phi) is 5.21. The number of carbonyl (C=O) groups is 2. The zero-order chi connectivity index (χ0) is 21.0. The van der Waals surface area contributed by atoms with Crippen molar-refractivity contribution >= 4 is 28.9 Å². The highest BCUT2D eigenvalue weighted by Gasteiger charge is 2.20. The number of benzene rings is 2. The molecule has 2 aromatic carbocycles. The summed E-state index contributed by atoms with van der Waals surface area (Å²) < 4.78 is 1.23. The van der Waals surface area contributed by atoms with E-state index in [1.165, 1.54) is 41.6 Å². The van der Waals surface area contributed by atoms with Gasteiger partial charge in [-0.2, -0.15) is 0 Å². The van der Waals surface area contributed by atoms with Crippen LogP contribution in [0.2, 0.25) is 0 Å². The molecule has 1 heterocycles. The first-order valence-electron chi connectivity index (χ1n) is 7.85. The van der Waals surface area contributed by atoms with Gasteiger partial charge in [0.05, 0.1) is 21.5 Å². The maximum atomic E-state index is 12.4. The van der Waals surface area contributed by atoms with Crippen molar-refractivity contribution in [3.63, 3.8) is 0 Å². The number of rotatable bonds is 6. The number of nitro groups is 2. The highest BCUT2D eigenvalue weighted by atomic mass is 16.6. The van der Waals surface area contributed by atoms with E-state index in [2.05, 4.69) is 20.9 Å². The molecule has 0 aliphatic heterocycles. The fraction of sp³-hybridized carbons (Fsp3) is 0. The third-order valence-electron chi connectivity index (χ3n) is 3.62. The molecule has 13 heteroatoms. The quantitative estimate of drug-likeness (QED) is 0.467. The second-order valence-corrected chi connectivity index (χ2v) is 5.60. The van der Waals surface area contributed by atoms with Gasteiger partial charge in [0.25, 0.3) is 23.2 Å². The van der Waals surface area contributed by atoms with Crippen LogP contribution in [0, 0.1) is 20.2 Å². The molecule has 0 bridgehead atoms. The second-order valence-electron chi connectivity index (χ2n) is 5.60. The number of hydrogen-bond acceptors (Lipinski definition) is 8. The minimum absolute atomic E-state index is 0.196. The van der Waals surface area contributed by atoms with Crippen LogP contribution < -0.4 is 10.7 Å². The number of nitro benzene ring substituents is 2. The summed E-state index contributed by atoms with van der Waals surface area (Å²) in [7, 11) is 0. The molecule has 0 aliphatic rings. The highest BCUT2D eigenvalue weighted by molar-refractivity contribution is 6.06. The third kappa shape index (κ3) is 4.54. The number of anilines is 1. The lowest BCUT2D eigenvalue weighted by Gasteiger charge is -2.08. The molecule has 0 spiro atoms. The van der Waals surface area contributed by atoms with Crippen LogP contribution in [0.3, 0.4) is 0 Å². The Hall–Kier alpha value is -4.68. The van der Waals surface area contributed by atoms with Crippen LogP contribution in [0.1, 0.15) is 20.7 Å². The average Bonchev–Trinajstić information content (AvgIpc) is 3.20. The van der Waals surface area contributed by atoms with Crippen molar-refractivity contribution in [1.82, 2.24) is 14.9 Å². The van der Waals surface area contributed by atoms with E-state index in [0.29, 0.717) is 0 Å².